The molecule has 2 aromatic carbocycles. The zero-order valence-electron chi connectivity index (χ0n) is 13.6. The predicted molar refractivity (Wildman–Crippen MR) is 101 cm³/mol. The molecule has 0 radical (unpaired) electrons. The van der Waals surface area contributed by atoms with E-state index in [1.54, 1.807) is 18.3 Å². The molecule has 1 fully saturated rings. The number of morpholine rings is 1. The zero-order valence-corrected chi connectivity index (χ0v) is 14.3. The number of amides is 1. The number of hydrogen-bond donors (Lipinski definition) is 2. The van der Waals surface area contributed by atoms with E-state index >= 15 is 0 Å². The molecule has 5 nitrogen and oxygen atoms in total. The van der Waals surface area contributed by atoms with E-state index in [4.69, 9.17) is 16.3 Å². The minimum atomic E-state index is -0.130. The van der Waals surface area contributed by atoms with Gasteiger partial charge in [0.1, 0.15) is 0 Å². The quantitative estimate of drug-likeness (QED) is 0.826. The smallest absolute Gasteiger partial charge is 0.257 e. The maximum atomic E-state index is 12.1. The summed E-state index contributed by atoms with van der Waals surface area (Å²) in [6, 6.07) is 13.5. The Balaban J connectivity index is 1.50. The largest absolute Gasteiger partial charge is 0.378 e. The molecule has 2 aliphatic rings. The van der Waals surface area contributed by atoms with E-state index in [1.807, 2.05) is 18.2 Å². The summed E-state index contributed by atoms with van der Waals surface area (Å²) in [6.07, 6.45) is 1.72. The molecule has 4 rings (SSSR count). The van der Waals surface area contributed by atoms with E-state index in [1.165, 1.54) is 5.69 Å². The molecular weight excluding hydrogens is 338 g/mol. The molecule has 0 atom stereocenters. The Bertz CT molecular complexity index is 827. The monoisotopic (exact) mass is 355 g/mol. The lowest BCUT2D eigenvalue weighted by Gasteiger charge is -2.28. The summed E-state index contributed by atoms with van der Waals surface area (Å²) < 4.78 is 5.38. The molecule has 25 heavy (non-hydrogen) atoms. The molecule has 1 saturated heterocycles. The number of halogens is 1. The van der Waals surface area contributed by atoms with Gasteiger partial charge in [0, 0.05) is 46.9 Å². The van der Waals surface area contributed by atoms with Crippen molar-refractivity contribution in [2.75, 3.05) is 41.8 Å². The third-order valence-corrected chi connectivity index (χ3v) is 4.63. The van der Waals surface area contributed by atoms with Crippen LogP contribution in [0.15, 0.2) is 48.7 Å². The topological polar surface area (TPSA) is 53.6 Å². The van der Waals surface area contributed by atoms with Gasteiger partial charge in [0.15, 0.2) is 0 Å². The van der Waals surface area contributed by atoms with Gasteiger partial charge in [0.25, 0.3) is 5.91 Å². The summed E-state index contributed by atoms with van der Waals surface area (Å²) in [5.41, 5.74) is 4.28. The molecule has 6 heteroatoms. The number of benzene rings is 2. The Morgan fingerprint density at radius 1 is 1.12 bits per heavy atom. The highest BCUT2D eigenvalue weighted by atomic mass is 35.5. The van der Waals surface area contributed by atoms with Crippen LogP contribution in [0.1, 0.15) is 5.56 Å². The number of anilines is 3. The summed E-state index contributed by atoms with van der Waals surface area (Å²) in [5, 5.41) is 6.64. The molecule has 2 aliphatic heterocycles. The molecule has 0 aliphatic carbocycles. The van der Waals surface area contributed by atoms with E-state index in [-0.39, 0.29) is 5.91 Å². The van der Waals surface area contributed by atoms with Crippen LogP contribution >= 0.6 is 11.6 Å². The van der Waals surface area contributed by atoms with Crippen molar-refractivity contribution in [2.45, 2.75) is 0 Å². The van der Waals surface area contributed by atoms with Crippen LogP contribution in [0.3, 0.4) is 0 Å². The van der Waals surface area contributed by atoms with Gasteiger partial charge in [-0.1, -0.05) is 11.6 Å². The molecule has 0 unspecified atom stereocenters. The first-order valence-corrected chi connectivity index (χ1v) is 8.59. The van der Waals surface area contributed by atoms with E-state index < -0.39 is 0 Å². The lowest BCUT2D eigenvalue weighted by Crippen LogP contribution is -2.36. The predicted octanol–water partition coefficient (Wildman–Crippen LogP) is 3.58. The van der Waals surface area contributed by atoms with Gasteiger partial charge in [-0.15, -0.1) is 0 Å². The van der Waals surface area contributed by atoms with Crippen LogP contribution < -0.4 is 15.5 Å². The zero-order chi connectivity index (χ0) is 17.2. The first-order chi connectivity index (χ1) is 12.2. The van der Waals surface area contributed by atoms with Crippen molar-refractivity contribution in [3.05, 3.63) is 59.3 Å². The minimum absolute atomic E-state index is 0.130. The normalized spacial score (nSPS) is 18.2. The summed E-state index contributed by atoms with van der Waals surface area (Å²) in [4.78, 5) is 14.4. The van der Waals surface area contributed by atoms with Crippen LogP contribution in [0.5, 0.6) is 0 Å². The van der Waals surface area contributed by atoms with Gasteiger partial charge >= 0.3 is 0 Å². The summed E-state index contributed by atoms with van der Waals surface area (Å²) in [6.45, 7) is 3.36. The number of rotatable bonds is 3. The average molecular weight is 356 g/mol. The maximum absolute atomic E-state index is 12.1. The minimum Gasteiger partial charge on any atom is -0.378 e. The molecule has 2 heterocycles. The number of fused-ring (bicyclic) bond motifs is 1. The Kier molecular flexibility index (Phi) is 4.34. The molecule has 0 saturated carbocycles. The van der Waals surface area contributed by atoms with Gasteiger partial charge in [-0.3, -0.25) is 4.79 Å². The van der Waals surface area contributed by atoms with Crippen molar-refractivity contribution >= 4 is 40.1 Å². The van der Waals surface area contributed by atoms with Crippen molar-refractivity contribution in [3.8, 4) is 0 Å². The van der Waals surface area contributed by atoms with E-state index in [2.05, 4.69) is 27.7 Å². The van der Waals surface area contributed by atoms with Crippen molar-refractivity contribution in [1.82, 2.24) is 0 Å². The van der Waals surface area contributed by atoms with Gasteiger partial charge in [0.05, 0.1) is 18.8 Å². The number of nitrogens with zero attached hydrogens (tertiary/aromatic N) is 1. The van der Waals surface area contributed by atoms with Gasteiger partial charge in [-0.05, 0) is 42.5 Å². The molecule has 2 N–H and O–H groups in total. The summed E-state index contributed by atoms with van der Waals surface area (Å²) in [7, 11) is 0. The molecule has 1 amide bonds. The number of carbonyl (C=O) groups excluding carboxylic acids is 1. The Labute approximate surface area is 151 Å². The molecular formula is C19H18ClN3O2. The van der Waals surface area contributed by atoms with Crippen LogP contribution in [0.25, 0.3) is 5.57 Å². The maximum Gasteiger partial charge on any atom is 0.257 e. The van der Waals surface area contributed by atoms with Crippen LogP contribution in [0.2, 0.25) is 5.02 Å². The van der Waals surface area contributed by atoms with Crippen LogP contribution in [0, 0.1) is 0 Å². The molecule has 0 bridgehead atoms. The second-order valence-electron chi connectivity index (χ2n) is 5.99. The van der Waals surface area contributed by atoms with Gasteiger partial charge < -0.3 is 20.3 Å². The van der Waals surface area contributed by atoms with Crippen LogP contribution in [-0.4, -0.2) is 32.2 Å². The van der Waals surface area contributed by atoms with Crippen LogP contribution in [-0.2, 0) is 9.53 Å². The Morgan fingerprint density at radius 2 is 1.88 bits per heavy atom. The fourth-order valence-electron chi connectivity index (χ4n) is 3.05. The molecule has 0 aromatic heterocycles. The molecule has 128 valence electrons. The fourth-order valence-corrected chi connectivity index (χ4v) is 3.22. The highest BCUT2D eigenvalue weighted by molar-refractivity contribution is 6.34. The lowest BCUT2D eigenvalue weighted by atomic mass is 10.1. The summed E-state index contributed by atoms with van der Waals surface area (Å²) in [5.74, 6) is -0.130. The van der Waals surface area contributed by atoms with Crippen molar-refractivity contribution in [1.29, 1.82) is 0 Å². The summed E-state index contributed by atoms with van der Waals surface area (Å²) >= 11 is 6.04. The van der Waals surface area contributed by atoms with Crippen molar-refractivity contribution in [2.24, 2.45) is 0 Å². The van der Waals surface area contributed by atoms with Gasteiger partial charge in [0.2, 0.25) is 0 Å². The Hall–Kier alpha value is -2.50. The van der Waals surface area contributed by atoms with Gasteiger partial charge in [-0.2, -0.15) is 0 Å². The standard InChI is InChI=1S/C19H18ClN3O2/c20-13-1-6-18-16(11-13)17(19(24)22-18)12-21-14-2-4-15(5-3-14)23-7-9-25-10-8-23/h1-6,11-12,21H,7-10H2,(H,22,24)/b17-12+. The average Bonchev–Trinajstić information content (AvgIpc) is 2.96. The second kappa shape index (κ2) is 6.78. The number of nitrogens with one attached hydrogen (secondary N) is 2. The fraction of sp³-hybridized carbons (Fsp3) is 0.211. The molecule has 0 spiro atoms. The van der Waals surface area contributed by atoms with Crippen LogP contribution in [0.4, 0.5) is 17.1 Å². The first-order valence-electron chi connectivity index (χ1n) is 8.21. The van der Waals surface area contributed by atoms with Crippen molar-refractivity contribution < 1.29 is 9.53 Å². The third kappa shape index (κ3) is 3.34. The van der Waals surface area contributed by atoms with Gasteiger partial charge in [-0.25, -0.2) is 0 Å². The highest BCUT2D eigenvalue weighted by Gasteiger charge is 2.24. The van der Waals surface area contributed by atoms with E-state index in [0.29, 0.717) is 10.6 Å². The van der Waals surface area contributed by atoms with E-state index in [0.717, 1.165) is 43.2 Å². The highest BCUT2D eigenvalue weighted by Crippen LogP contribution is 2.33. The number of ether oxygens (including phenoxy) is 1. The Morgan fingerprint density at radius 3 is 2.64 bits per heavy atom. The van der Waals surface area contributed by atoms with Crippen molar-refractivity contribution in [3.63, 3.8) is 0 Å². The van der Waals surface area contributed by atoms with E-state index in [9.17, 15) is 4.79 Å². The third-order valence-electron chi connectivity index (χ3n) is 4.39. The molecule has 2 aromatic rings. The number of carbonyl (C=O) groups is 1. The SMILES string of the molecule is O=C1Nc2ccc(Cl)cc2/C1=C\Nc1ccc(N2CCOCC2)cc1. The second-order valence-corrected chi connectivity index (χ2v) is 6.43. The number of hydrogen-bond acceptors (Lipinski definition) is 4. The first kappa shape index (κ1) is 16.0. The lowest BCUT2D eigenvalue weighted by molar-refractivity contribution is -0.110.